The lowest BCUT2D eigenvalue weighted by atomic mass is 10.0. The second-order valence-electron chi connectivity index (χ2n) is 3.74. The highest BCUT2D eigenvalue weighted by molar-refractivity contribution is 5.53. The van der Waals surface area contributed by atoms with E-state index >= 15 is 0 Å². The van der Waals surface area contributed by atoms with Crippen molar-refractivity contribution < 1.29 is 0 Å². The fraction of sp³-hybridized carbons (Fsp3) is 0.273. The van der Waals surface area contributed by atoms with Crippen LogP contribution in [0.15, 0.2) is 30.6 Å². The van der Waals surface area contributed by atoms with Crippen LogP contribution in [0.2, 0.25) is 0 Å². The van der Waals surface area contributed by atoms with Gasteiger partial charge in [0.15, 0.2) is 0 Å². The summed E-state index contributed by atoms with van der Waals surface area (Å²) in [4.78, 5) is 12.0. The summed E-state index contributed by atoms with van der Waals surface area (Å²) in [5.74, 6) is 1.43. The van der Waals surface area contributed by atoms with Crippen LogP contribution >= 0.6 is 0 Å². The topological polar surface area (TPSA) is 53.6 Å². The van der Waals surface area contributed by atoms with Crippen LogP contribution < -0.4 is 5.32 Å². The normalized spacial score (nSPS) is 16.3. The number of hydrogen-bond donors (Lipinski definition) is 2. The van der Waals surface area contributed by atoms with Gasteiger partial charge in [-0.2, -0.15) is 0 Å². The maximum absolute atomic E-state index is 4.55. The van der Waals surface area contributed by atoms with Gasteiger partial charge in [0.05, 0.1) is 11.4 Å². The van der Waals surface area contributed by atoms with Gasteiger partial charge in [0.2, 0.25) is 0 Å². The molecule has 0 bridgehead atoms. The fourth-order valence-electron chi connectivity index (χ4n) is 1.68. The van der Waals surface area contributed by atoms with Crippen molar-refractivity contribution in [2.24, 2.45) is 0 Å². The van der Waals surface area contributed by atoms with E-state index in [4.69, 9.17) is 0 Å². The van der Waals surface area contributed by atoms with Gasteiger partial charge in [0.1, 0.15) is 5.82 Å². The predicted octanol–water partition coefficient (Wildman–Crippen LogP) is 1.16. The molecule has 3 rings (SSSR count). The minimum atomic E-state index is 0.486. The Labute approximate surface area is 87.8 Å². The zero-order valence-corrected chi connectivity index (χ0v) is 8.27. The second kappa shape index (κ2) is 3.47. The smallest absolute Gasteiger partial charge is 0.134 e. The highest BCUT2D eigenvalue weighted by Crippen LogP contribution is 2.19. The number of nitrogens with one attached hydrogen (secondary N) is 2. The highest BCUT2D eigenvalue weighted by Gasteiger charge is 2.21. The maximum Gasteiger partial charge on any atom is 0.134 e. The number of rotatable bonds is 2. The standard InChI is InChI=1S/C11H12N4/c1-2-9(13-4-1)10-3-5-14-11(15-10)8-6-12-7-8/h1-5,8,12-13H,6-7H2. The zero-order chi connectivity index (χ0) is 10.1. The van der Waals surface area contributed by atoms with Crippen molar-refractivity contribution in [3.63, 3.8) is 0 Å². The van der Waals surface area contributed by atoms with E-state index in [-0.39, 0.29) is 0 Å². The van der Waals surface area contributed by atoms with Gasteiger partial charge in [-0.1, -0.05) is 0 Å². The summed E-state index contributed by atoms with van der Waals surface area (Å²) in [6, 6.07) is 5.93. The molecule has 1 saturated heterocycles. The third-order valence-corrected chi connectivity index (χ3v) is 2.69. The molecule has 0 amide bonds. The Morgan fingerprint density at radius 1 is 1.27 bits per heavy atom. The number of hydrogen-bond acceptors (Lipinski definition) is 3. The second-order valence-corrected chi connectivity index (χ2v) is 3.74. The van der Waals surface area contributed by atoms with Crippen LogP contribution in [0, 0.1) is 0 Å². The Hall–Kier alpha value is -1.68. The largest absolute Gasteiger partial charge is 0.360 e. The van der Waals surface area contributed by atoms with E-state index in [2.05, 4.69) is 20.3 Å². The van der Waals surface area contributed by atoms with E-state index in [9.17, 15) is 0 Å². The van der Waals surface area contributed by atoms with E-state index in [1.807, 2.05) is 30.6 Å². The summed E-state index contributed by atoms with van der Waals surface area (Å²) in [5, 5.41) is 3.23. The number of nitrogens with zero attached hydrogens (tertiary/aromatic N) is 2. The Morgan fingerprint density at radius 3 is 2.87 bits per heavy atom. The van der Waals surface area contributed by atoms with Crippen LogP contribution in [0.25, 0.3) is 11.4 Å². The molecule has 0 unspecified atom stereocenters. The van der Waals surface area contributed by atoms with Crippen LogP contribution in [0.5, 0.6) is 0 Å². The summed E-state index contributed by atoms with van der Waals surface area (Å²) in [6.07, 6.45) is 3.73. The van der Waals surface area contributed by atoms with Gasteiger partial charge in [-0.3, -0.25) is 0 Å². The molecule has 76 valence electrons. The van der Waals surface area contributed by atoms with Gasteiger partial charge < -0.3 is 10.3 Å². The van der Waals surface area contributed by atoms with Crippen LogP contribution in [0.3, 0.4) is 0 Å². The first-order valence-electron chi connectivity index (χ1n) is 5.11. The summed E-state index contributed by atoms with van der Waals surface area (Å²) in [7, 11) is 0. The van der Waals surface area contributed by atoms with E-state index in [1.165, 1.54) is 0 Å². The van der Waals surface area contributed by atoms with E-state index in [1.54, 1.807) is 0 Å². The van der Waals surface area contributed by atoms with Crippen LogP contribution in [-0.4, -0.2) is 28.0 Å². The molecule has 4 nitrogen and oxygen atoms in total. The Bertz CT molecular complexity index is 445. The van der Waals surface area contributed by atoms with Crippen molar-refractivity contribution in [1.29, 1.82) is 0 Å². The molecule has 0 spiro atoms. The molecule has 0 saturated carbocycles. The average Bonchev–Trinajstić information content (AvgIpc) is 2.68. The van der Waals surface area contributed by atoms with Gasteiger partial charge in [-0.15, -0.1) is 0 Å². The van der Waals surface area contributed by atoms with E-state index in [0.717, 1.165) is 30.3 Å². The molecule has 1 aliphatic heterocycles. The molecule has 2 N–H and O–H groups in total. The molecule has 0 aliphatic carbocycles. The summed E-state index contributed by atoms with van der Waals surface area (Å²) in [6.45, 7) is 1.99. The monoisotopic (exact) mass is 200 g/mol. The summed E-state index contributed by atoms with van der Waals surface area (Å²) < 4.78 is 0. The minimum Gasteiger partial charge on any atom is -0.360 e. The van der Waals surface area contributed by atoms with Crippen molar-refractivity contribution >= 4 is 0 Å². The first kappa shape index (κ1) is 8.61. The average molecular weight is 200 g/mol. The molecule has 4 heteroatoms. The molecule has 2 aromatic heterocycles. The van der Waals surface area contributed by atoms with E-state index < -0.39 is 0 Å². The Balaban J connectivity index is 1.95. The molecular formula is C11H12N4. The molecule has 1 fully saturated rings. The van der Waals surface area contributed by atoms with Gasteiger partial charge in [0, 0.05) is 31.4 Å². The Kier molecular flexibility index (Phi) is 1.99. The lowest BCUT2D eigenvalue weighted by Crippen LogP contribution is -2.40. The van der Waals surface area contributed by atoms with Crippen LogP contribution in [-0.2, 0) is 0 Å². The first-order valence-corrected chi connectivity index (χ1v) is 5.11. The van der Waals surface area contributed by atoms with Gasteiger partial charge >= 0.3 is 0 Å². The van der Waals surface area contributed by atoms with Crippen molar-refractivity contribution in [2.45, 2.75) is 5.92 Å². The third-order valence-electron chi connectivity index (χ3n) is 2.69. The minimum absolute atomic E-state index is 0.486. The number of aromatic nitrogens is 3. The summed E-state index contributed by atoms with van der Waals surface area (Å²) in [5.41, 5.74) is 2.02. The predicted molar refractivity (Wildman–Crippen MR) is 57.4 cm³/mol. The number of aromatic amines is 1. The molecule has 2 aromatic rings. The van der Waals surface area contributed by atoms with Crippen molar-refractivity contribution in [3.8, 4) is 11.4 Å². The summed E-state index contributed by atoms with van der Waals surface area (Å²) >= 11 is 0. The quantitative estimate of drug-likeness (QED) is 0.764. The lowest BCUT2D eigenvalue weighted by molar-refractivity contribution is 0.430. The van der Waals surface area contributed by atoms with Crippen LogP contribution in [0.1, 0.15) is 11.7 Å². The van der Waals surface area contributed by atoms with Gasteiger partial charge in [0.25, 0.3) is 0 Å². The molecule has 3 heterocycles. The zero-order valence-electron chi connectivity index (χ0n) is 8.27. The van der Waals surface area contributed by atoms with Crippen molar-refractivity contribution in [3.05, 3.63) is 36.4 Å². The first-order chi connectivity index (χ1) is 7.43. The molecule has 0 radical (unpaired) electrons. The Morgan fingerprint density at radius 2 is 2.20 bits per heavy atom. The van der Waals surface area contributed by atoms with Gasteiger partial charge in [-0.25, -0.2) is 9.97 Å². The lowest BCUT2D eigenvalue weighted by Gasteiger charge is -2.25. The number of H-pyrrole nitrogens is 1. The molecule has 0 aromatic carbocycles. The third kappa shape index (κ3) is 1.53. The van der Waals surface area contributed by atoms with E-state index in [0.29, 0.717) is 5.92 Å². The molecule has 15 heavy (non-hydrogen) atoms. The van der Waals surface area contributed by atoms with Crippen LogP contribution in [0.4, 0.5) is 0 Å². The fourth-order valence-corrected chi connectivity index (χ4v) is 1.68. The molecular weight excluding hydrogens is 188 g/mol. The highest BCUT2D eigenvalue weighted by atomic mass is 15.0. The van der Waals surface area contributed by atoms with Crippen molar-refractivity contribution in [1.82, 2.24) is 20.3 Å². The van der Waals surface area contributed by atoms with Gasteiger partial charge in [-0.05, 0) is 18.2 Å². The maximum atomic E-state index is 4.55. The van der Waals surface area contributed by atoms with Crippen molar-refractivity contribution in [2.75, 3.05) is 13.1 Å². The molecule has 0 atom stereocenters. The molecule has 1 aliphatic rings. The SMILES string of the molecule is c1c[nH]c(-c2ccnc(C3CNC3)n2)c1.